The van der Waals surface area contributed by atoms with Crippen LogP contribution in [0.25, 0.3) is 0 Å². The Labute approximate surface area is 95.8 Å². The molecular weight excluding hydrogens is 202 g/mol. The maximum absolute atomic E-state index is 5.41. The average molecular weight is 219 g/mol. The SMILES string of the molecule is c1cc2c(cc1C1CCCCCN1)OCO2. The number of benzene rings is 1. The van der Waals surface area contributed by atoms with E-state index in [4.69, 9.17) is 9.47 Å². The van der Waals surface area contributed by atoms with E-state index < -0.39 is 0 Å². The predicted molar refractivity (Wildman–Crippen MR) is 61.8 cm³/mol. The van der Waals surface area contributed by atoms with Crippen LogP contribution in [0.4, 0.5) is 0 Å². The predicted octanol–water partition coefficient (Wildman–Crippen LogP) is 2.62. The fourth-order valence-electron chi connectivity index (χ4n) is 2.44. The molecule has 16 heavy (non-hydrogen) atoms. The van der Waals surface area contributed by atoms with Crippen molar-refractivity contribution in [2.75, 3.05) is 13.3 Å². The minimum Gasteiger partial charge on any atom is -0.454 e. The van der Waals surface area contributed by atoms with Crippen LogP contribution < -0.4 is 14.8 Å². The fraction of sp³-hybridized carbons (Fsp3) is 0.538. The number of ether oxygens (including phenoxy) is 2. The van der Waals surface area contributed by atoms with Crippen molar-refractivity contribution in [2.45, 2.75) is 31.7 Å². The molecular formula is C13H17NO2. The smallest absolute Gasteiger partial charge is 0.231 e. The Bertz CT molecular complexity index is 370. The van der Waals surface area contributed by atoms with Crippen LogP contribution in [0, 0.1) is 0 Å². The second kappa shape index (κ2) is 4.34. The molecule has 3 heteroatoms. The van der Waals surface area contributed by atoms with Gasteiger partial charge in [-0.2, -0.15) is 0 Å². The van der Waals surface area contributed by atoms with Gasteiger partial charge in [0.15, 0.2) is 11.5 Å². The number of rotatable bonds is 1. The van der Waals surface area contributed by atoms with Crippen molar-refractivity contribution in [3.8, 4) is 11.5 Å². The molecule has 1 fully saturated rings. The van der Waals surface area contributed by atoms with Crippen molar-refractivity contribution in [3.63, 3.8) is 0 Å². The summed E-state index contributed by atoms with van der Waals surface area (Å²) in [5.74, 6) is 1.76. The summed E-state index contributed by atoms with van der Waals surface area (Å²) in [6.07, 6.45) is 5.17. The van der Waals surface area contributed by atoms with E-state index in [2.05, 4.69) is 17.4 Å². The van der Waals surface area contributed by atoms with Gasteiger partial charge in [0.05, 0.1) is 0 Å². The summed E-state index contributed by atoms with van der Waals surface area (Å²) in [6.45, 7) is 1.48. The molecule has 1 N–H and O–H groups in total. The van der Waals surface area contributed by atoms with Gasteiger partial charge in [0.25, 0.3) is 0 Å². The summed E-state index contributed by atoms with van der Waals surface area (Å²) >= 11 is 0. The van der Waals surface area contributed by atoms with Crippen LogP contribution in [0.2, 0.25) is 0 Å². The lowest BCUT2D eigenvalue weighted by Gasteiger charge is -2.16. The first-order chi connectivity index (χ1) is 7.93. The lowest BCUT2D eigenvalue weighted by Crippen LogP contribution is -2.20. The van der Waals surface area contributed by atoms with E-state index in [1.165, 1.54) is 31.2 Å². The molecule has 2 aliphatic heterocycles. The van der Waals surface area contributed by atoms with E-state index in [1.54, 1.807) is 0 Å². The number of fused-ring (bicyclic) bond motifs is 1. The van der Waals surface area contributed by atoms with Crippen molar-refractivity contribution in [1.82, 2.24) is 5.32 Å². The van der Waals surface area contributed by atoms with Gasteiger partial charge in [-0.3, -0.25) is 0 Å². The molecule has 0 spiro atoms. The fourth-order valence-corrected chi connectivity index (χ4v) is 2.44. The highest BCUT2D eigenvalue weighted by molar-refractivity contribution is 5.45. The van der Waals surface area contributed by atoms with Crippen LogP contribution in [0.5, 0.6) is 11.5 Å². The zero-order chi connectivity index (χ0) is 10.8. The first kappa shape index (κ1) is 9.97. The van der Waals surface area contributed by atoms with E-state index in [-0.39, 0.29) is 0 Å². The van der Waals surface area contributed by atoms with Crippen molar-refractivity contribution >= 4 is 0 Å². The Balaban J connectivity index is 1.82. The molecule has 1 aromatic rings. The third-order valence-electron chi connectivity index (χ3n) is 3.36. The quantitative estimate of drug-likeness (QED) is 0.787. The van der Waals surface area contributed by atoms with Crippen LogP contribution in [0.15, 0.2) is 18.2 Å². The first-order valence-electron chi connectivity index (χ1n) is 6.06. The summed E-state index contributed by atoms with van der Waals surface area (Å²) in [5, 5.41) is 3.59. The number of hydrogen-bond donors (Lipinski definition) is 1. The Morgan fingerprint density at radius 1 is 1.06 bits per heavy atom. The minimum atomic E-state index is 0.358. The zero-order valence-electron chi connectivity index (χ0n) is 9.37. The highest BCUT2D eigenvalue weighted by atomic mass is 16.7. The molecule has 1 atom stereocenters. The van der Waals surface area contributed by atoms with Crippen LogP contribution in [-0.4, -0.2) is 13.3 Å². The molecule has 0 amide bonds. The Hall–Kier alpha value is -1.22. The molecule has 0 saturated carbocycles. The van der Waals surface area contributed by atoms with Gasteiger partial charge in [0.2, 0.25) is 6.79 Å². The summed E-state index contributed by atoms with van der Waals surface area (Å²) in [7, 11) is 0. The highest BCUT2D eigenvalue weighted by Crippen LogP contribution is 2.35. The molecule has 3 nitrogen and oxygen atoms in total. The van der Waals surface area contributed by atoms with Crippen LogP contribution in [-0.2, 0) is 0 Å². The first-order valence-corrected chi connectivity index (χ1v) is 6.06. The minimum absolute atomic E-state index is 0.358. The van der Waals surface area contributed by atoms with E-state index in [1.807, 2.05) is 6.07 Å². The zero-order valence-corrected chi connectivity index (χ0v) is 9.37. The molecule has 0 bridgehead atoms. The maximum Gasteiger partial charge on any atom is 0.231 e. The lowest BCUT2D eigenvalue weighted by atomic mass is 10.0. The maximum atomic E-state index is 5.41. The third-order valence-corrected chi connectivity index (χ3v) is 3.36. The topological polar surface area (TPSA) is 30.5 Å². The van der Waals surface area contributed by atoms with Gasteiger partial charge >= 0.3 is 0 Å². The second-order valence-corrected chi connectivity index (χ2v) is 4.47. The van der Waals surface area contributed by atoms with E-state index in [9.17, 15) is 0 Å². The molecule has 3 rings (SSSR count). The monoisotopic (exact) mass is 219 g/mol. The second-order valence-electron chi connectivity index (χ2n) is 4.47. The average Bonchev–Trinajstić information content (AvgIpc) is 2.61. The third kappa shape index (κ3) is 1.87. The van der Waals surface area contributed by atoms with Gasteiger partial charge in [-0.1, -0.05) is 18.9 Å². The van der Waals surface area contributed by atoms with Crippen molar-refractivity contribution < 1.29 is 9.47 Å². The van der Waals surface area contributed by atoms with Gasteiger partial charge in [-0.15, -0.1) is 0 Å². The van der Waals surface area contributed by atoms with Gasteiger partial charge in [0, 0.05) is 6.04 Å². The summed E-state index contributed by atoms with van der Waals surface area (Å²) in [6, 6.07) is 6.77. The molecule has 2 aliphatic rings. The Morgan fingerprint density at radius 3 is 3.00 bits per heavy atom. The normalized spacial score (nSPS) is 24.1. The summed E-state index contributed by atoms with van der Waals surface area (Å²) in [4.78, 5) is 0. The Kier molecular flexibility index (Phi) is 2.70. The molecule has 2 heterocycles. The van der Waals surface area contributed by atoms with Crippen molar-refractivity contribution in [1.29, 1.82) is 0 Å². The molecule has 0 aromatic heterocycles. The van der Waals surface area contributed by atoms with E-state index >= 15 is 0 Å². The van der Waals surface area contributed by atoms with Crippen LogP contribution in [0.3, 0.4) is 0 Å². The van der Waals surface area contributed by atoms with Gasteiger partial charge in [-0.05, 0) is 37.1 Å². The van der Waals surface area contributed by atoms with E-state index in [0.717, 1.165) is 18.0 Å². The molecule has 1 unspecified atom stereocenters. The van der Waals surface area contributed by atoms with Crippen LogP contribution in [0.1, 0.15) is 37.3 Å². The van der Waals surface area contributed by atoms with Gasteiger partial charge in [0.1, 0.15) is 0 Å². The lowest BCUT2D eigenvalue weighted by molar-refractivity contribution is 0.174. The van der Waals surface area contributed by atoms with E-state index in [0.29, 0.717) is 12.8 Å². The van der Waals surface area contributed by atoms with Crippen LogP contribution >= 0.6 is 0 Å². The molecule has 0 aliphatic carbocycles. The molecule has 1 aromatic carbocycles. The van der Waals surface area contributed by atoms with Crippen molar-refractivity contribution in [2.24, 2.45) is 0 Å². The van der Waals surface area contributed by atoms with Gasteiger partial charge in [-0.25, -0.2) is 0 Å². The Morgan fingerprint density at radius 2 is 2.00 bits per heavy atom. The number of nitrogens with one attached hydrogen (secondary N) is 1. The summed E-state index contributed by atoms with van der Waals surface area (Å²) in [5.41, 5.74) is 1.33. The summed E-state index contributed by atoms with van der Waals surface area (Å²) < 4.78 is 10.7. The number of hydrogen-bond acceptors (Lipinski definition) is 3. The highest BCUT2D eigenvalue weighted by Gasteiger charge is 2.18. The standard InChI is InChI=1S/C13H17NO2/c1-2-4-11(14-7-3-1)10-5-6-12-13(8-10)16-9-15-12/h5-6,8,11,14H,1-4,7,9H2. The molecule has 0 radical (unpaired) electrons. The molecule has 1 saturated heterocycles. The molecule has 86 valence electrons. The van der Waals surface area contributed by atoms with Crippen molar-refractivity contribution in [3.05, 3.63) is 23.8 Å². The van der Waals surface area contributed by atoms with Gasteiger partial charge < -0.3 is 14.8 Å². The largest absolute Gasteiger partial charge is 0.454 e.